The maximum Gasteiger partial charge on any atom is 0.226 e. The van der Waals surface area contributed by atoms with Crippen molar-refractivity contribution >= 4 is 29.7 Å². The number of fused-ring (bicyclic) bond motifs is 3. The molecule has 1 amide bonds. The second-order valence-electron chi connectivity index (χ2n) is 7.32. The van der Waals surface area contributed by atoms with Crippen molar-refractivity contribution in [2.75, 3.05) is 0 Å². The van der Waals surface area contributed by atoms with Gasteiger partial charge in [-0.3, -0.25) is 4.79 Å². The van der Waals surface area contributed by atoms with Gasteiger partial charge in [0.05, 0.1) is 6.42 Å². The normalized spacial score (nSPS) is 23.5. The Morgan fingerprint density at radius 2 is 2.32 bits per heavy atom. The third-order valence-electron chi connectivity index (χ3n) is 5.20. The number of rotatable bonds is 4. The highest BCUT2D eigenvalue weighted by molar-refractivity contribution is 7.71. The Kier molecular flexibility index (Phi) is 3.81. The number of amides is 1. The summed E-state index contributed by atoms with van der Waals surface area (Å²) in [4.78, 5) is 15.3. The van der Waals surface area contributed by atoms with Gasteiger partial charge >= 0.3 is 0 Å². The first kappa shape index (κ1) is 16.8. The highest BCUT2D eigenvalue weighted by atomic mass is 35.5. The van der Waals surface area contributed by atoms with Crippen molar-refractivity contribution in [1.82, 2.24) is 14.9 Å². The molecule has 0 saturated heterocycles. The average Bonchev–Trinajstić information content (AvgIpc) is 3.01. The van der Waals surface area contributed by atoms with Crippen LogP contribution in [0.15, 0.2) is 18.2 Å². The zero-order chi connectivity index (χ0) is 17.9. The van der Waals surface area contributed by atoms with Crippen molar-refractivity contribution in [2.24, 2.45) is 0 Å². The zero-order valence-corrected chi connectivity index (χ0v) is 15.6. The van der Waals surface area contributed by atoms with Gasteiger partial charge in [-0.2, -0.15) is 0 Å². The van der Waals surface area contributed by atoms with Crippen LogP contribution in [0.4, 0.5) is 4.39 Å². The first-order chi connectivity index (χ1) is 11.8. The first-order valence-electron chi connectivity index (χ1n) is 8.38. The molecule has 1 aliphatic heterocycles. The number of aromatic nitrogens is 2. The van der Waals surface area contributed by atoms with E-state index < -0.39 is 0 Å². The second-order valence-corrected chi connectivity index (χ2v) is 8.14. The molecular weight excluding hydrogens is 361 g/mol. The van der Waals surface area contributed by atoms with Gasteiger partial charge in [-0.1, -0.05) is 11.6 Å². The van der Waals surface area contributed by atoms with E-state index in [1.165, 1.54) is 6.07 Å². The quantitative estimate of drug-likeness (QED) is 0.793. The predicted molar refractivity (Wildman–Crippen MR) is 97.0 cm³/mol. The minimum atomic E-state index is -0.281. The zero-order valence-electron chi connectivity index (χ0n) is 14.0. The summed E-state index contributed by atoms with van der Waals surface area (Å²) in [5.41, 5.74) is 2.26. The lowest BCUT2D eigenvalue weighted by Crippen LogP contribution is -2.31. The minimum absolute atomic E-state index is 0.0401. The molecule has 4 rings (SSSR count). The van der Waals surface area contributed by atoms with Crippen molar-refractivity contribution < 1.29 is 9.18 Å². The number of aromatic amines is 1. The Hall–Kier alpha value is -1.66. The van der Waals surface area contributed by atoms with Crippen LogP contribution in [-0.4, -0.2) is 21.5 Å². The minimum Gasteiger partial charge on any atom is -0.354 e. The Labute approximate surface area is 155 Å². The van der Waals surface area contributed by atoms with Gasteiger partial charge in [0.15, 0.2) is 4.77 Å². The lowest BCUT2D eigenvalue weighted by Gasteiger charge is -2.14. The molecule has 0 spiro atoms. The van der Waals surface area contributed by atoms with Crippen molar-refractivity contribution in [1.29, 1.82) is 0 Å². The van der Waals surface area contributed by atoms with Crippen LogP contribution < -0.4 is 5.32 Å². The lowest BCUT2D eigenvalue weighted by molar-refractivity contribution is -0.120. The number of carbonyl (C=O) groups excluding carboxylic acids is 1. The number of imidazole rings is 1. The third kappa shape index (κ3) is 2.62. The number of hydrogen-bond acceptors (Lipinski definition) is 2. The van der Waals surface area contributed by atoms with E-state index in [9.17, 15) is 9.18 Å². The monoisotopic (exact) mass is 379 g/mol. The van der Waals surface area contributed by atoms with E-state index in [1.54, 1.807) is 12.1 Å². The smallest absolute Gasteiger partial charge is 0.226 e. The number of halogens is 2. The van der Waals surface area contributed by atoms with Gasteiger partial charge in [-0.15, -0.1) is 0 Å². The average molecular weight is 380 g/mol. The molecule has 1 aliphatic carbocycles. The molecule has 7 heteroatoms. The van der Waals surface area contributed by atoms with E-state index in [2.05, 4.69) is 10.3 Å². The van der Waals surface area contributed by atoms with Gasteiger partial charge in [0.2, 0.25) is 5.91 Å². The van der Waals surface area contributed by atoms with Crippen LogP contribution in [0.1, 0.15) is 43.1 Å². The number of nitrogens with one attached hydrogen (secondary N) is 2. The standard InChI is InChI=1S/C18H19ClFN3OS/c1-9(2)21-15(24)6-14-16-12-7-18(12,8-23(16)17(25)22-14)11-5-10(19)3-4-13(11)20/h3-5,9,12H,6-8H2,1-2H3,(H,21,24)(H,22,25)/t12?,18-/m1/s1. The number of benzene rings is 1. The van der Waals surface area contributed by atoms with Gasteiger partial charge < -0.3 is 14.9 Å². The van der Waals surface area contributed by atoms with E-state index >= 15 is 0 Å². The molecule has 1 fully saturated rings. The van der Waals surface area contributed by atoms with Crippen molar-refractivity contribution in [3.63, 3.8) is 0 Å². The van der Waals surface area contributed by atoms with Crippen LogP contribution in [0.3, 0.4) is 0 Å². The van der Waals surface area contributed by atoms with Crippen LogP contribution in [-0.2, 0) is 23.2 Å². The highest BCUT2D eigenvalue weighted by Crippen LogP contribution is 2.66. The summed E-state index contributed by atoms with van der Waals surface area (Å²) in [5.74, 6) is -0.0938. The van der Waals surface area contributed by atoms with Crippen LogP contribution in [0.2, 0.25) is 5.02 Å². The van der Waals surface area contributed by atoms with Gasteiger partial charge in [-0.25, -0.2) is 4.39 Å². The number of H-pyrrole nitrogens is 1. The summed E-state index contributed by atoms with van der Waals surface area (Å²) in [6.07, 6.45) is 1.12. The molecular formula is C18H19ClFN3OS. The van der Waals surface area contributed by atoms with E-state index in [4.69, 9.17) is 23.8 Å². The molecule has 2 aromatic rings. The summed E-state index contributed by atoms with van der Waals surface area (Å²) in [5, 5.41) is 3.43. The molecule has 25 heavy (non-hydrogen) atoms. The molecule has 1 unspecified atom stereocenters. The van der Waals surface area contributed by atoms with E-state index in [0.29, 0.717) is 21.9 Å². The SMILES string of the molecule is CC(C)NC(=O)Cc1[nH]c(=S)n2c1C1C[C@]1(c1cc(Cl)ccc1F)C2. The molecule has 132 valence electrons. The number of nitrogens with zero attached hydrogens (tertiary/aromatic N) is 1. The molecule has 4 nitrogen and oxygen atoms in total. The van der Waals surface area contributed by atoms with E-state index in [-0.39, 0.29) is 35.5 Å². The van der Waals surface area contributed by atoms with Crippen molar-refractivity contribution in [2.45, 2.75) is 50.6 Å². The highest BCUT2D eigenvalue weighted by Gasteiger charge is 2.63. The maximum atomic E-state index is 14.4. The second kappa shape index (κ2) is 5.68. The van der Waals surface area contributed by atoms with Gasteiger partial charge in [0, 0.05) is 40.3 Å². The predicted octanol–water partition coefficient (Wildman–Crippen LogP) is 3.84. The molecule has 1 aromatic carbocycles. The lowest BCUT2D eigenvalue weighted by atomic mass is 9.93. The molecule has 1 saturated carbocycles. The van der Waals surface area contributed by atoms with E-state index in [1.807, 2.05) is 18.4 Å². The fourth-order valence-corrected chi connectivity index (χ4v) is 4.60. The van der Waals surface area contributed by atoms with Crippen LogP contribution >= 0.6 is 23.8 Å². The summed E-state index contributed by atoms with van der Waals surface area (Å²) in [7, 11) is 0. The topological polar surface area (TPSA) is 49.8 Å². The third-order valence-corrected chi connectivity index (χ3v) is 5.76. The maximum absolute atomic E-state index is 14.4. The molecule has 0 radical (unpaired) electrons. The van der Waals surface area contributed by atoms with Gasteiger partial charge in [-0.05, 0) is 56.2 Å². The van der Waals surface area contributed by atoms with E-state index in [0.717, 1.165) is 17.8 Å². The van der Waals surface area contributed by atoms with Crippen molar-refractivity contribution in [3.05, 3.63) is 50.8 Å². The Bertz CT molecular complexity index is 935. The Morgan fingerprint density at radius 3 is 3.04 bits per heavy atom. The summed E-state index contributed by atoms with van der Waals surface area (Å²) in [6, 6.07) is 4.80. The summed E-state index contributed by atoms with van der Waals surface area (Å²) < 4.78 is 17.0. The van der Waals surface area contributed by atoms with Crippen LogP contribution in [0.5, 0.6) is 0 Å². The van der Waals surface area contributed by atoms with Gasteiger partial charge in [0.25, 0.3) is 0 Å². The van der Waals surface area contributed by atoms with Crippen LogP contribution in [0, 0.1) is 10.6 Å². The Morgan fingerprint density at radius 1 is 1.56 bits per heavy atom. The summed E-state index contributed by atoms with van der Waals surface area (Å²) in [6.45, 7) is 4.49. The molecule has 1 aromatic heterocycles. The molecule has 2 N–H and O–H groups in total. The number of hydrogen-bond donors (Lipinski definition) is 2. The largest absolute Gasteiger partial charge is 0.354 e. The van der Waals surface area contributed by atoms with Gasteiger partial charge in [0.1, 0.15) is 5.82 Å². The Balaban J connectivity index is 1.68. The summed E-state index contributed by atoms with van der Waals surface area (Å²) >= 11 is 11.5. The molecule has 2 aliphatic rings. The van der Waals surface area contributed by atoms with Crippen molar-refractivity contribution in [3.8, 4) is 0 Å². The fourth-order valence-electron chi connectivity index (χ4n) is 4.14. The fraction of sp³-hybridized carbons (Fsp3) is 0.444. The molecule has 2 atom stereocenters. The van der Waals surface area contributed by atoms with Crippen LogP contribution in [0.25, 0.3) is 0 Å². The number of carbonyl (C=O) groups is 1. The molecule has 2 heterocycles. The first-order valence-corrected chi connectivity index (χ1v) is 9.17. The molecule has 0 bridgehead atoms.